The molecule has 0 saturated heterocycles. The van der Waals surface area contributed by atoms with Crippen LogP contribution >= 0.6 is 22.7 Å². The number of alkyl halides is 3. The minimum atomic E-state index is -4.79. The smallest absolute Gasteiger partial charge is 0.406 e. The summed E-state index contributed by atoms with van der Waals surface area (Å²) >= 11 is 2.78. The number of thiazole rings is 1. The van der Waals surface area contributed by atoms with Crippen molar-refractivity contribution in [2.75, 3.05) is 5.32 Å². The number of carbonyl (C=O) groups is 2. The van der Waals surface area contributed by atoms with Crippen molar-refractivity contribution in [1.29, 1.82) is 0 Å². The molecule has 0 atom stereocenters. The van der Waals surface area contributed by atoms with E-state index in [-0.39, 0.29) is 11.5 Å². The molecule has 0 aliphatic carbocycles. The summed E-state index contributed by atoms with van der Waals surface area (Å²) in [5.41, 5.74) is 0.899. The summed E-state index contributed by atoms with van der Waals surface area (Å²) in [6, 6.07) is 8.43. The lowest BCUT2D eigenvalue weighted by atomic mass is 10.2. The third-order valence-electron chi connectivity index (χ3n) is 3.77. The Bertz CT molecular complexity index is 1060. The maximum atomic E-state index is 12.4. The van der Waals surface area contributed by atoms with Crippen molar-refractivity contribution in [1.82, 2.24) is 10.3 Å². The number of aromatic nitrogens is 1. The summed E-state index contributed by atoms with van der Waals surface area (Å²) < 4.78 is 40.5. The minimum Gasteiger partial charge on any atom is -0.406 e. The number of nitrogens with one attached hydrogen (secondary N) is 2. The third kappa shape index (κ3) is 5.80. The molecule has 30 heavy (non-hydrogen) atoms. The van der Waals surface area contributed by atoms with E-state index in [1.54, 1.807) is 0 Å². The number of hydrogen-bond donors (Lipinski definition) is 2. The first-order valence-corrected chi connectivity index (χ1v) is 10.2. The van der Waals surface area contributed by atoms with Gasteiger partial charge in [-0.3, -0.25) is 14.9 Å². The van der Waals surface area contributed by atoms with Crippen molar-refractivity contribution >= 4 is 39.6 Å². The summed E-state index contributed by atoms with van der Waals surface area (Å²) in [6.07, 6.45) is -4.79. The lowest BCUT2D eigenvalue weighted by Crippen LogP contribution is -2.17. The van der Waals surface area contributed by atoms with Crippen LogP contribution in [-0.2, 0) is 11.3 Å². The summed E-state index contributed by atoms with van der Waals surface area (Å²) in [5.74, 6) is -1.01. The zero-order valence-corrected chi connectivity index (χ0v) is 17.4. The molecule has 0 fully saturated rings. The highest BCUT2D eigenvalue weighted by molar-refractivity contribution is 7.18. The average Bonchev–Trinajstić information content (AvgIpc) is 3.25. The molecule has 158 valence electrons. The molecule has 0 aliphatic rings. The summed E-state index contributed by atoms with van der Waals surface area (Å²) in [6.45, 7) is 3.75. The number of thiophene rings is 1. The zero-order valence-electron chi connectivity index (χ0n) is 15.8. The van der Waals surface area contributed by atoms with Crippen LogP contribution < -0.4 is 15.4 Å². The van der Waals surface area contributed by atoms with Crippen LogP contribution in [0.15, 0.2) is 36.4 Å². The topological polar surface area (TPSA) is 80.3 Å². The number of hydrogen-bond acceptors (Lipinski definition) is 6. The quantitative estimate of drug-likeness (QED) is 0.550. The maximum Gasteiger partial charge on any atom is 0.573 e. The average molecular weight is 455 g/mol. The normalized spacial score (nSPS) is 11.2. The molecule has 0 radical (unpaired) electrons. The van der Waals surface area contributed by atoms with Gasteiger partial charge in [-0.25, -0.2) is 4.98 Å². The van der Waals surface area contributed by atoms with Crippen molar-refractivity contribution in [2.24, 2.45) is 0 Å². The number of rotatable bonds is 6. The molecule has 1 aromatic carbocycles. The van der Waals surface area contributed by atoms with E-state index in [1.807, 2.05) is 19.1 Å². The molecule has 3 rings (SSSR count). The van der Waals surface area contributed by atoms with Gasteiger partial charge in [0, 0.05) is 22.2 Å². The van der Waals surface area contributed by atoms with E-state index < -0.39 is 18.0 Å². The molecule has 3 aromatic rings. The van der Waals surface area contributed by atoms with Crippen LogP contribution in [0.5, 0.6) is 5.75 Å². The van der Waals surface area contributed by atoms with Crippen molar-refractivity contribution in [2.45, 2.75) is 26.8 Å². The van der Waals surface area contributed by atoms with E-state index in [4.69, 9.17) is 0 Å². The van der Waals surface area contributed by atoms with Crippen LogP contribution in [0.25, 0.3) is 10.6 Å². The molecule has 0 aliphatic heterocycles. The number of nitrogens with zero attached hydrogens (tertiary/aromatic N) is 1. The highest BCUT2D eigenvalue weighted by Gasteiger charge is 2.31. The predicted octanol–water partition coefficient (Wildman–Crippen LogP) is 4.97. The van der Waals surface area contributed by atoms with Gasteiger partial charge in [-0.15, -0.1) is 35.8 Å². The van der Waals surface area contributed by atoms with Crippen LogP contribution in [0.1, 0.15) is 27.0 Å². The molecule has 2 amide bonds. The van der Waals surface area contributed by atoms with Gasteiger partial charge in [-0.2, -0.15) is 0 Å². The zero-order chi connectivity index (χ0) is 21.9. The van der Waals surface area contributed by atoms with Crippen molar-refractivity contribution in [3.8, 4) is 16.3 Å². The number of carbonyl (C=O) groups excluding carboxylic acids is 2. The molecule has 0 bridgehead atoms. The van der Waals surface area contributed by atoms with Gasteiger partial charge >= 0.3 is 6.36 Å². The fourth-order valence-corrected chi connectivity index (χ4v) is 4.35. The molecule has 11 heteroatoms. The lowest BCUT2D eigenvalue weighted by Gasteiger charge is -2.09. The Labute approximate surface area is 177 Å². The van der Waals surface area contributed by atoms with Gasteiger partial charge in [0.15, 0.2) is 5.13 Å². The van der Waals surface area contributed by atoms with Crippen molar-refractivity contribution < 1.29 is 27.5 Å². The third-order valence-corrected chi connectivity index (χ3v) is 5.75. The molecule has 0 saturated carbocycles. The van der Waals surface area contributed by atoms with E-state index in [9.17, 15) is 22.8 Å². The number of anilines is 1. The van der Waals surface area contributed by atoms with E-state index in [0.29, 0.717) is 11.7 Å². The lowest BCUT2D eigenvalue weighted by molar-refractivity contribution is -0.274. The number of amides is 2. The summed E-state index contributed by atoms with van der Waals surface area (Å²) in [5, 5.41) is 5.76. The Hall–Kier alpha value is -2.92. The molecular formula is C19H16F3N3O3S2. The van der Waals surface area contributed by atoms with E-state index in [2.05, 4.69) is 20.4 Å². The highest BCUT2D eigenvalue weighted by atomic mass is 32.1. The second-order valence-corrected chi connectivity index (χ2v) is 8.50. The first-order valence-electron chi connectivity index (χ1n) is 8.59. The fraction of sp³-hybridized carbons (Fsp3) is 0.211. The molecule has 6 nitrogen and oxygen atoms in total. The maximum absolute atomic E-state index is 12.4. The molecule has 2 heterocycles. The SMILES string of the molecule is CC(=O)NCc1ccc(-c2nc(NC(=O)c3ccc(OC(F)(F)F)cc3)sc2C)s1. The summed E-state index contributed by atoms with van der Waals surface area (Å²) in [7, 11) is 0. The first kappa shape index (κ1) is 21.8. The van der Waals surface area contributed by atoms with Crippen LogP contribution in [0.4, 0.5) is 18.3 Å². The van der Waals surface area contributed by atoms with E-state index >= 15 is 0 Å². The molecular weight excluding hydrogens is 439 g/mol. The van der Waals surface area contributed by atoms with Crippen molar-refractivity contribution in [3.63, 3.8) is 0 Å². The van der Waals surface area contributed by atoms with E-state index in [0.717, 1.165) is 32.5 Å². The van der Waals surface area contributed by atoms with Crippen LogP contribution in [0, 0.1) is 6.92 Å². The molecule has 0 spiro atoms. The van der Waals surface area contributed by atoms with Crippen LogP contribution in [-0.4, -0.2) is 23.2 Å². The number of benzene rings is 1. The van der Waals surface area contributed by atoms with Gasteiger partial charge in [0.05, 0.1) is 17.1 Å². The van der Waals surface area contributed by atoms with Gasteiger partial charge in [-0.1, -0.05) is 0 Å². The Balaban J connectivity index is 1.68. The second-order valence-electron chi connectivity index (χ2n) is 6.13. The molecule has 0 unspecified atom stereocenters. The van der Waals surface area contributed by atoms with Gasteiger partial charge in [0.25, 0.3) is 5.91 Å². The number of aryl methyl sites for hydroxylation is 1. The Morgan fingerprint density at radius 2 is 1.80 bits per heavy atom. The van der Waals surface area contributed by atoms with Gasteiger partial charge < -0.3 is 10.1 Å². The predicted molar refractivity (Wildman–Crippen MR) is 109 cm³/mol. The van der Waals surface area contributed by atoms with Gasteiger partial charge in [-0.05, 0) is 43.3 Å². The van der Waals surface area contributed by atoms with Gasteiger partial charge in [0.1, 0.15) is 5.75 Å². The van der Waals surface area contributed by atoms with Crippen LogP contribution in [0.3, 0.4) is 0 Å². The molecule has 2 aromatic heterocycles. The largest absolute Gasteiger partial charge is 0.573 e. The summed E-state index contributed by atoms with van der Waals surface area (Å²) in [4.78, 5) is 30.6. The van der Waals surface area contributed by atoms with Gasteiger partial charge in [0.2, 0.25) is 5.91 Å². The Morgan fingerprint density at radius 1 is 1.10 bits per heavy atom. The number of ether oxygens (including phenoxy) is 1. The highest BCUT2D eigenvalue weighted by Crippen LogP contribution is 2.35. The standard InChI is InChI=1S/C19H16F3N3O3S2/c1-10-16(15-8-7-14(30-15)9-23-11(2)26)24-18(29-10)25-17(27)12-3-5-13(6-4-12)28-19(20,21)22/h3-8H,9H2,1-2H3,(H,23,26)(H,24,25,27). The first-order chi connectivity index (χ1) is 14.1. The second kappa shape index (κ2) is 8.84. The van der Waals surface area contributed by atoms with E-state index in [1.165, 1.54) is 41.7 Å². The Morgan fingerprint density at radius 3 is 2.43 bits per heavy atom. The van der Waals surface area contributed by atoms with Crippen molar-refractivity contribution in [3.05, 3.63) is 51.7 Å². The number of halogens is 3. The molecule has 2 N–H and O–H groups in total. The monoisotopic (exact) mass is 455 g/mol. The fourth-order valence-electron chi connectivity index (χ4n) is 2.47. The Kier molecular flexibility index (Phi) is 6.42. The van der Waals surface area contributed by atoms with Crippen LogP contribution in [0.2, 0.25) is 0 Å². The minimum absolute atomic E-state index is 0.113.